The minimum absolute atomic E-state index is 1.05. The van der Waals surface area contributed by atoms with Gasteiger partial charge >= 0.3 is 0 Å². The highest BCUT2D eigenvalue weighted by atomic mass is 14.0. The molecule has 0 aromatic heterocycles. The van der Waals surface area contributed by atoms with Crippen LogP contribution >= 0.6 is 0 Å². The smallest absolute Gasteiger partial charge is 0.00256 e. The van der Waals surface area contributed by atoms with E-state index in [0.29, 0.717) is 0 Å². The second-order valence-electron chi connectivity index (χ2n) is 6.15. The van der Waals surface area contributed by atoms with Crippen LogP contribution in [-0.4, -0.2) is 0 Å². The van der Waals surface area contributed by atoms with Crippen molar-refractivity contribution in [3.05, 3.63) is 70.8 Å². The Balaban J connectivity index is 1.88. The maximum atomic E-state index is 2.39. The third kappa shape index (κ3) is 5.75. The van der Waals surface area contributed by atoms with E-state index in [1.807, 2.05) is 0 Å². The van der Waals surface area contributed by atoms with Gasteiger partial charge in [0.05, 0.1) is 0 Å². The van der Waals surface area contributed by atoms with Crippen LogP contribution < -0.4 is 0 Å². The Bertz CT molecular complexity index is 539. The summed E-state index contributed by atoms with van der Waals surface area (Å²) < 4.78 is 0. The van der Waals surface area contributed by atoms with Gasteiger partial charge in [-0.25, -0.2) is 0 Å². The first-order valence-electron chi connectivity index (χ1n) is 8.41. The molecule has 0 aliphatic carbocycles. The second-order valence-corrected chi connectivity index (χ2v) is 6.15. The molecular weight excluding hydrogens is 252 g/mol. The standard InChI is InChI=1S/C21H28/c1-3-4-5-6-7-11-19-12-9-14-21(16-19)17-20-13-8-10-18(2)15-20/h8-10,12-16H,3-7,11,17H2,1-2H3. The van der Waals surface area contributed by atoms with Gasteiger partial charge in [-0.1, -0.05) is 86.7 Å². The lowest BCUT2D eigenvalue weighted by molar-refractivity contribution is 0.632. The minimum atomic E-state index is 1.05. The summed E-state index contributed by atoms with van der Waals surface area (Å²) in [5.41, 5.74) is 5.69. The molecule has 0 N–H and O–H groups in total. The summed E-state index contributed by atoms with van der Waals surface area (Å²) in [5, 5.41) is 0. The molecule has 0 fully saturated rings. The SMILES string of the molecule is CCCCCCCc1cccc(Cc2cccc(C)c2)c1. The van der Waals surface area contributed by atoms with Gasteiger partial charge in [0.25, 0.3) is 0 Å². The van der Waals surface area contributed by atoms with Crippen LogP contribution in [0.1, 0.15) is 61.3 Å². The van der Waals surface area contributed by atoms with Crippen LogP contribution in [0.2, 0.25) is 0 Å². The Labute approximate surface area is 130 Å². The van der Waals surface area contributed by atoms with Crippen LogP contribution in [0, 0.1) is 6.92 Å². The Hall–Kier alpha value is -1.56. The molecule has 112 valence electrons. The molecule has 0 spiro atoms. The number of hydrogen-bond donors (Lipinski definition) is 0. The molecule has 0 heterocycles. The van der Waals surface area contributed by atoms with Gasteiger partial charge in [0, 0.05) is 0 Å². The van der Waals surface area contributed by atoms with Gasteiger partial charge < -0.3 is 0 Å². The zero-order valence-electron chi connectivity index (χ0n) is 13.6. The summed E-state index contributed by atoms with van der Waals surface area (Å²) in [4.78, 5) is 0. The number of unbranched alkanes of at least 4 members (excludes halogenated alkanes) is 4. The van der Waals surface area contributed by atoms with Crippen molar-refractivity contribution in [2.24, 2.45) is 0 Å². The van der Waals surface area contributed by atoms with Crippen molar-refractivity contribution < 1.29 is 0 Å². The third-order valence-corrected chi connectivity index (χ3v) is 4.05. The highest BCUT2D eigenvalue weighted by Crippen LogP contribution is 2.15. The van der Waals surface area contributed by atoms with Crippen LogP contribution in [0.25, 0.3) is 0 Å². The average molecular weight is 280 g/mol. The maximum Gasteiger partial charge on any atom is -0.00256 e. The number of benzene rings is 2. The monoisotopic (exact) mass is 280 g/mol. The summed E-state index contributed by atoms with van der Waals surface area (Å²) in [5.74, 6) is 0. The Morgan fingerprint density at radius 2 is 1.38 bits per heavy atom. The van der Waals surface area contributed by atoms with Crippen molar-refractivity contribution in [3.8, 4) is 0 Å². The van der Waals surface area contributed by atoms with E-state index in [9.17, 15) is 0 Å². The van der Waals surface area contributed by atoms with Crippen LogP contribution in [0.4, 0.5) is 0 Å². The molecule has 0 unspecified atom stereocenters. The molecule has 0 saturated carbocycles. The van der Waals surface area contributed by atoms with Gasteiger partial charge in [0.15, 0.2) is 0 Å². The van der Waals surface area contributed by atoms with Crippen molar-refractivity contribution in [2.45, 2.75) is 58.8 Å². The van der Waals surface area contributed by atoms with Crippen molar-refractivity contribution in [1.82, 2.24) is 0 Å². The summed E-state index contributed by atoms with van der Waals surface area (Å²) in [6.45, 7) is 4.44. The maximum absolute atomic E-state index is 2.39. The minimum Gasteiger partial charge on any atom is -0.0654 e. The second kappa shape index (κ2) is 8.67. The summed E-state index contributed by atoms with van der Waals surface area (Å²) in [6, 6.07) is 18.0. The van der Waals surface area contributed by atoms with Crippen molar-refractivity contribution in [3.63, 3.8) is 0 Å². The average Bonchev–Trinajstić information content (AvgIpc) is 2.47. The summed E-state index contributed by atoms with van der Waals surface area (Å²) >= 11 is 0. The Kier molecular flexibility index (Phi) is 6.53. The molecular formula is C21H28. The van der Waals surface area contributed by atoms with E-state index in [2.05, 4.69) is 62.4 Å². The third-order valence-electron chi connectivity index (χ3n) is 4.05. The zero-order valence-corrected chi connectivity index (χ0v) is 13.6. The van der Waals surface area contributed by atoms with Gasteiger partial charge in [0.2, 0.25) is 0 Å². The summed E-state index contributed by atoms with van der Waals surface area (Å²) in [7, 11) is 0. The molecule has 2 aromatic rings. The molecule has 0 amide bonds. The van der Waals surface area contributed by atoms with E-state index < -0.39 is 0 Å². The molecule has 0 radical (unpaired) electrons. The van der Waals surface area contributed by atoms with Gasteiger partial charge in [-0.05, 0) is 42.9 Å². The number of hydrogen-bond acceptors (Lipinski definition) is 0. The van der Waals surface area contributed by atoms with E-state index in [-0.39, 0.29) is 0 Å². The zero-order chi connectivity index (χ0) is 14.9. The first kappa shape index (κ1) is 15.8. The van der Waals surface area contributed by atoms with Gasteiger partial charge in [-0.3, -0.25) is 0 Å². The predicted molar refractivity (Wildman–Crippen MR) is 92.9 cm³/mol. The van der Waals surface area contributed by atoms with Crippen LogP contribution in [0.15, 0.2) is 48.5 Å². The predicted octanol–water partition coefficient (Wildman–Crippen LogP) is 6.10. The number of aryl methyl sites for hydroxylation is 2. The first-order valence-corrected chi connectivity index (χ1v) is 8.41. The molecule has 0 aliphatic rings. The van der Waals surface area contributed by atoms with Gasteiger partial charge in [0.1, 0.15) is 0 Å². The molecule has 0 bridgehead atoms. The van der Waals surface area contributed by atoms with E-state index in [1.54, 1.807) is 0 Å². The largest absolute Gasteiger partial charge is 0.0654 e. The fourth-order valence-corrected chi connectivity index (χ4v) is 2.89. The fourth-order valence-electron chi connectivity index (χ4n) is 2.89. The normalized spacial score (nSPS) is 10.8. The van der Waals surface area contributed by atoms with Crippen molar-refractivity contribution in [1.29, 1.82) is 0 Å². The van der Waals surface area contributed by atoms with Gasteiger partial charge in [-0.2, -0.15) is 0 Å². The summed E-state index contributed by atoms with van der Waals surface area (Å²) in [6.07, 6.45) is 9.07. The Morgan fingerprint density at radius 1 is 0.714 bits per heavy atom. The molecule has 0 heteroatoms. The van der Waals surface area contributed by atoms with Crippen LogP contribution in [0.3, 0.4) is 0 Å². The van der Waals surface area contributed by atoms with Crippen LogP contribution in [-0.2, 0) is 12.8 Å². The lowest BCUT2D eigenvalue weighted by Crippen LogP contribution is -1.92. The van der Waals surface area contributed by atoms with Crippen LogP contribution in [0.5, 0.6) is 0 Å². The Morgan fingerprint density at radius 3 is 2.14 bits per heavy atom. The first-order chi connectivity index (χ1) is 10.3. The van der Waals surface area contributed by atoms with E-state index in [1.165, 1.54) is 60.8 Å². The van der Waals surface area contributed by atoms with Gasteiger partial charge in [-0.15, -0.1) is 0 Å². The quantitative estimate of drug-likeness (QED) is 0.513. The number of rotatable bonds is 8. The van der Waals surface area contributed by atoms with E-state index in [0.717, 1.165) is 6.42 Å². The molecule has 0 atom stereocenters. The van der Waals surface area contributed by atoms with E-state index in [4.69, 9.17) is 0 Å². The highest BCUT2D eigenvalue weighted by Gasteiger charge is 1.99. The molecule has 2 rings (SSSR count). The lowest BCUT2D eigenvalue weighted by atomic mass is 9.99. The van der Waals surface area contributed by atoms with Crippen molar-refractivity contribution in [2.75, 3.05) is 0 Å². The molecule has 0 aliphatic heterocycles. The fraction of sp³-hybridized carbons (Fsp3) is 0.429. The lowest BCUT2D eigenvalue weighted by Gasteiger charge is -2.07. The molecule has 0 saturated heterocycles. The van der Waals surface area contributed by atoms with E-state index >= 15 is 0 Å². The van der Waals surface area contributed by atoms with Crippen molar-refractivity contribution >= 4 is 0 Å². The topological polar surface area (TPSA) is 0 Å². The molecule has 0 nitrogen and oxygen atoms in total. The molecule has 2 aromatic carbocycles. The highest BCUT2D eigenvalue weighted by molar-refractivity contribution is 5.31. The molecule has 21 heavy (non-hydrogen) atoms.